The third-order valence-corrected chi connectivity index (χ3v) is 1.48. The second-order valence-corrected chi connectivity index (χ2v) is 2.95. The molecule has 1 aliphatic rings. The zero-order chi connectivity index (χ0) is 16.5. The van der Waals surface area contributed by atoms with Crippen LogP contribution in [0.25, 0.3) is 0 Å². The average molecular weight is 310 g/mol. The van der Waals surface area contributed by atoms with E-state index < -0.39 is 18.5 Å². The summed E-state index contributed by atoms with van der Waals surface area (Å²) < 4.78 is 25.9. The minimum atomic E-state index is -0.623. The molecule has 1 aliphatic heterocycles. The van der Waals surface area contributed by atoms with E-state index in [1.165, 1.54) is 7.11 Å². The van der Waals surface area contributed by atoms with Gasteiger partial charge in [0.25, 0.3) is 0 Å². The fourth-order valence-electron chi connectivity index (χ4n) is 0.746. The van der Waals surface area contributed by atoms with Gasteiger partial charge < -0.3 is 28.4 Å². The summed E-state index contributed by atoms with van der Waals surface area (Å²) in [6.07, 6.45) is -1.76. The van der Waals surface area contributed by atoms with E-state index in [0.717, 1.165) is 0 Å². The third kappa shape index (κ3) is 17.8. The Morgan fingerprint density at radius 1 is 0.905 bits per heavy atom. The van der Waals surface area contributed by atoms with Crippen molar-refractivity contribution in [1.29, 1.82) is 0 Å². The molecular weight excluding hydrogens is 288 g/mol. The lowest BCUT2D eigenvalue weighted by Gasteiger charge is -1.98. The van der Waals surface area contributed by atoms with Crippen LogP contribution < -0.4 is 0 Å². The highest BCUT2D eigenvalue weighted by Gasteiger charge is 2.09. The molecule has 0 atom stereocenters. The largest absolute Gasteiger partial charge is 0.508 e. The molecule has 0 aromatic carbocycles. The molecule has 0 aromatic rings. The number of cyclic esters (lactones) is 2. The van der Waals surface area contributed by atoms with Gasteiger partial charge in [-0.15, -0.1) is 0 Å². The van der Waals surface area contributed by atoms with Crippen LogP contribution in [0.5, 0.6) is 0 Å². The molecule has 0 aliphatic carbocycles. The average Bonchev–Trinajstić information content (AvgIpc) is 2.92. The first-order valence-corrected chi connectivity index (χ1v) is 6.31. The third-order valence-electron chi connectivity index (χ3n) is 1.48. The van der Waals surface area contributed by atoms with Crippen LogP contribution in [0, 0.1) is 0 Å². The molecule has 124 valence electrons. The fraction of sp³-hybridized carbons (Fsp3) is 0.750. The van der Waals surface area contributed by atoms with E-state index in [1.807, 2.05) is 0 Å². The topological polar surface area (TPSA) is 107 Å². The van der Waals surface area contributed by atoms with E-state index in [1.54, 1.807) is 20.8 Å². The smallest absolute Gasteiger partial charge is 0.438 e. The number of carbonyl (C=O) groups is 3. The lowest BCUT2D eigenvalue weighted by atomic mass is 10.8. The van der Waals surface area contributed by atoms with Crippen molar-refractivity contribution < 1.29 is 42.8 Å². The number of carbonyl (C=O) groups excluding carboxylic acids is 3. The van der Waals surface area contributed by atoms with Gasteiger partial charge in [-0.1, -0.05) is 0 Å². The second kappa shape index (κ2) is 15.9. The van der Waals surface area contributed by atoms with E-state index >= 15 is 0 Å². The number of ether oxygens (including phenoxy) is 6. The lowest BCUT2D eigenvalue weighted by Crippen LogP contribution is -2.05. The summed E-state index contributed by atoms with van der Waals surface area (Å²) in [7, 11) is 1.28. The van der Waals surface area contributed by atoms with Crippen LogP contribution in [-0.4, -0.2) is 58.6 Å². The lowest BCUT2D eigenvalue weighted by molar-refractivity contribution is 0.0629. The van der Waals surface area contributed by atoms with Crippen molar-refractivity contribution in [2.75, 3.05) is 40.1 Å². The van der Waals surface area contributed by atoms with Gasteiger partial charge in [-0.25, -0.2) is 14.4 Å². The standard InChI is InChI=1S/C5H10O3.C4H8O3.C3H4O3/c1-3-7-5(6)8-4-2;1-3-7-4(5)6-2;4-3-5-1-2-6-3/h3-4H2,1-2H3;3H2,1-2H3;1-2H2. The van der Waals surface area contributed by atoms with Crippen LogP contribution in [0.2, 0.25) is 0 Å². The van der Waals surface area contributed by atoms with Crippen molar-refractivity contribution in [1.82, 2.24) is 0 Å². The van der Waals surface area contributed by atoms with Crippen LogP contribution in [0.4, 0.5) is 14.4 Å². The first kappa shape index (κ1) is 21.1. The van der Waals surface area contributed by atoms with Gasteiger partial charge in [0.05, 0.1) is 26.9 Å². The van der Waals surface area contributed by atoms with Gasteiger partial charge in [0.15, 0.2) is 0 Å². The quantitative estimate of drug-likeness (QED) is 0.572. The molecule has 0 amide bonds. The minimum absolute atomic E-state index is 0.368. The van der Waals surface area contributed by atoms with Crippen LogP contribution in [0.15, 0.2) is 0 Å². The summed E-state index contributed by atoms with van der Waals surface area (Å²) in [5.74, 6) is 0. The highest BCUT2D eigenvalue weighted by atomic mass is 16.8. The van der Waals surface area contributed by atoms with Gasteiger partial charge in [0, 0.05) is 0 Å². The summed E-state index contributed by atoms with van der Waals surface area (Å²) in [5, 5.41) is 0. The Labute approximate surface area is 123 Å². The van der Waals surface area contributed by atoms with E-state index in [4.69, 9.17) is 0 Å². The Morgan fingerprint density at radius 2 is 1.29 bits per heavy atom. The molecule has 0 unspecified atom stereocenters. The van der Waals surface area contributed by atoms with Crippen LogP contribution in [-0.2, 0) is 28.4 Å². The highest BCUT2D eigenvalue weighted by Crippen LogP contribution is 1.92. The summed E-state index contributed by atoms with van der Waals surface area (Å²) in [4.78, 5) is 30.0. The summed E-state index contributed by atoms with van der Waals surface area (Å²) in [6.45, 7) is 7.13. The predicted molar refractivity (Wildman–Crippen MR) is 70.0 cm³/mol. The van der Waals surface area contributed by atoms with Gasteiger partial charge in [-0.3, -0.25) is 0 Å². The Kier molecular flexibility index (Phi) is 16.0. The maximum atomic E-state index is 10.2. The Hall–Kier alpha value is -2.19. The Morgan fingerprint density at radius 3 is 1.48 bits per heavy atom. The molecule has 1 heterocycles. The molecule has 0 spiro atoms. The summed E-state index contributed by atoms with van der Waals surface area (Å²) in [6, 6.07) is 0. The van der Waals surface area contributed by atoms with Crippen molar-refractivity contribution in [2.24, 2.45) is 0 Å². The fourth-order valence-corrected chi connectivity index (χ4v) is 0.746. The van der Waals surface area contributed by atoms with Gasteiger partial charge in [0.1, 0.15) is 13.2 Å². The molecule has 0 radical (unpaired) electrons. The zero-order valence-corrected chi connectivity index (χ0v) is 12.7. The molecule has 9 nitrogen and oxygen atoms in total. The molecule has 0 bridgehead atoms. The predicted octanol–water partition coefficient (Wildman–Crippen LogP) is 2.12. The van der Waals surface area contributed by atoms with Gasteiger partial charge in [-0.2, -0.15) is 0 Å². The van der Waals surface area contributed by atoms with Crippen molar-refractivity contribution in [3.05, 3.63) is 0 Å². The van der Waals surface area contributed by atoms with E-state index in [2.05, 4.69) is 28.4 Å². The number of hydrogen-bond acceptors (Lipinski definition) is 9. The number of hydrogen-bond donors (Lipinski definition) is 0. The first-order chi connectivity index (χ1) is 10.0. The van der Waals surface area contributed by atoms with E-state index in [9.17, 15) is 14.4 Å². The van der Waals surface area contributed by atoms with Gasteiger partial charge in [-0.05, 0) is 20.8 Å². The molecular formula is C12H22O9. The number of methoxy groups -OCH3 is 1. The maximum absolute atomic E-state index is 10.2. The molecule has 9 heteroatoms. The number of rotatable bonds is 3. The summed E-state index contributed by atoms with van der Waals surface area (Å²) >= 11 is 0. The molecule has 1 saturated heterocycles. The molecule has 0 saturated carbocycles. The highest BCUT2D eigenvalue weighted by molar-refractivity contribution is 5.61. The first-order valence-electron chi connectivity index (χ1n) is 6.31. The van der Waals surface area contributed by atoms with Crippen LogP contribution in [0.3, 0.4) is 0 Å². The maximum Gasteiger partial charge on any atom is 0.508 e. The molecule has 0 aromatic heterocycles. The van der Waals surface area contributed by atoms with Crippen molar-refractivity contribution in [3.8, 4) is 0 Å². The molecule has 0 N–H and O–H groups in total. The van der Waals surface area contributed by atoms with Crippen molar-refractivity contribution in [3.63, 3.8) is 0 Å². The molecule has 21 heavy (non-hydrogen) atoms. The van der Waals surface area contributed by atoms with Crippen LogP contribution in [0.1, 0.15) is 20.8 Å². The zero-order valence-electron chi connectivity index (χ0n) is 12.7. The van der Waals surface area contributed by atoms with Gasteiger partial charge in [0.2, 0.25) is 0 Å². The minimum Gasteiger partial charge on any atom is -0.438 e. The van der Waals surface area contributed by atoms with Gasteiger partial charge >= 0.3 is 18.5 Å². The molecule has 1 fully saturated rings. The van der Waals surface area contributed by atoms with E-state index in [0.29, 0.717) is 33.0 Å². The second-order valence-electron chi connectivity index (χ2n) is 2.95. The Bertz CT molecular complexity index is 274. The van der Waals surface area contributed by atoms with Crippen molar-refractivity contribution >= 4 is 18.5 Å². The summed E-state index contributed by atoms with van der Waals surface area (Å²) in [5.41, 5.74) is 0. The van der Waals surface area contributed by atoms with E-state index in [-0.39, 0.29) is 0 Å². The molecule has 1 rings (SSSR count). The SMILES string of the molecule is CCOC(=O)OC.CCOC(=O)OCC.O=C1OCCO1. The monoisotopic (exact) mass is 310 g/mol. The normalized spacial score (nSPS) is 11.3. The van der Waals surface area contributed by atoms with Crippen LogP contribution >= 0.6 is 0 Å². The van der Waals surface area contributed by atoms with Crippen molar-refractivity contribution in [2.45, 2.75) is 20.8 Å². The Balaban J connectivity index is 0.